The van der Waals surface area contributed by atoms with Crippen LogP contribution in [-0.4, -0.2) is 13.0 Å². The van der Waals surface area contributed by atoms with Gasteiger partial charge in [0.25, 0.3) is 0 Å². The molecule has 1 N–H and O–H groups in total. The fraction of sp³-hybridized carbons (Fsp3) is 0.118. The Morgan fingerprint density at radius 1 is 1.23 bits per heavy atom. The van der Waals surface area contributed by atoms with E-state index in [1.165, 1.54) is 13.2 Å². The van der Waals surface area contributed by atoms with Crippen molar-refractivity contribution < 1.29 is 9.53 Å². The van der Waals surface area contributed by atoms with Crippen molar-refractivity contribution in [2.45, 2.75) is 6.54 Å². The first-order valence-electron chi connectivity index (χ1n) is 6.63. The molecule has 0 atom stereocenters. The van der Waals surface area contributed by atoms with Gasteiger partial charge < -0.3 is 10.1 Å². The lowest BCUT2D eigenvalue weighted by Gasteiger charge is -2.08. The molecule has 2 aromatic rings. The number of ether oxygens (including phenoxy) is 1. The first-order chi connectivity index (χ1) is 10.6. The number of halogens is 2. The highest BCUT2D eigenvalue weighted by molar-refractivity contribution is 6.35. The summed E-state index contributed by atoms with van der Waals surface area (Å²) in [5.41, 5.74) is 1.68. The molecule has 0 bridgehead atoms. The number of carbonyl (C=O) groups excluding carboxylic acids is 1. The average Bonchev–Trinajstić information content (AvgIpc) is 2.51. The van der Waals surface area contributed by atoms with E-state index in [0.29, 0.717) is 27.9 Å². The highest BCUT2D eigenvalue weighted by Gasteiger charge is 2.07. The minimum Gasteiger partial charge on any atom is -0.495 e. The summed E-state index contributed by atoms with van der Waals surface area (Å²) in [4.78, 5) is 11.9. The van der Waals surface area contributed by atoms with Crippen LogP contribution in [0.4, 0.5) is 0 Å². The minimum atomic E-state index is -0.206. The molecule has 0 saturated heterocycles. The summed E-state index contributed by atoms with van der Waals surface area (Å²) < 4.78 is 5.22. The van der Waals surface area contributed by atoms with E-state index in [0.717, 1.165) is 5.56 Å². The van der Waals surface area contributed by atoms with Gasteiger partial charge in [-0.1, -0.05) is 53.5 Å². The lowest BCUT2D eigenvalue weighted by Crippen LogP contribution is -2.20. The number of hydrogen-bond acceptors (Lipinski definition) is 2. The Kier molecular flexibility index (Phi) is 5.87. The van der Waals surface area contributed by atoms with Gasteiger partial charge in [0.15, 0.2) is 0 Å². The van der Waals surface area contributed by atoms with E-state index in [9.17, 15) is 4.79 Å². The zero-order valence-corrected chi connectivity index (χ0v) is 13.5. The van der Waals surface area contributed by atoms with Crippen LogP contribution in [0.25, 0.3) is 6.08 Å². The summed E-state index contributed by atoms with van der Waals surface area (Å²) >= 11 is 12.0. The molecule has 0 aromatic heterocycles. The fourth-order valence-corrected chi connectivity index (χ4v) is 2.52. The van der Waals surface area contributed by atoms with Gasteiger partial charge in [-0.25, -0.2) is 0 Å². The molecule has 22 heavy (non-hydrogen) atoms. The van der Waals surface area contributed by atoms with Gasteiger partial charge >= 0.3 is 0 Å². The topological polar surface area (TPSA) is 38.3 Å². The molecule has 0 spiro atoms. The number of hydrogen-bond donors (Lipinski definition) is 1. The molecule has 0 radical (unpaired) electrons. The predicted octanol–water partition coefficient (Wildman–Crippen LogP) is 4.33. The summed E-state index contributed by atoms with van der Waals surface area (Å²) in [7, 11) is 1.52. The molecular weight excluding hydrogens is 321 g/mol. The standard InChI is InChI=1S/C17H15Cl2NO2/c1-22-17-13(9-14(18)10-15(17)19)7-8-16(21)20-11-12-5-3-2-4-6-12/h2-10H,11H2,1H3,(H,20,21)/b8-7+. The normalized spacial score (nSPS) is 10.7. The van der Waals surface area contributed by atoms with Crippen LogP contribution in [0.2, 0.25) is 10.0 Å². The van der Waals surface area contributed by atoms with Crippen LogP contribution in [-0.2, 0) is 11.3 Å². The van der Waals surface area contributed by atoms with Gasteiger partial charge in [0.2, 0.25) is 5.91 Å². The van der Waals surface area contributed by atoms with Crippen molar-refractivity contribution in [1.29, 1.82) is 0 Å². The molecule has 0 fully saturated rings. The first kappa shape index (κ1) is 16.4. The largest absolute Gasteiger partial charge is 0.495 e. The molecular formula is C17H15Cl2NO2. The van der Waals surface area contributed by atoms with E-state index in [4.69, 9.17) is 27.9 Å². The van der Waals surface area contributed by atoms with Crippen molar-refractivity contribution in [1.82, 2.24) is 5.32 Å². The molecule has 1 amide bonds. The van der Waals surface area contributed by atoms with Crippen LogP contribution in [0.3, 0.4) is 0 Å². The SMILES string of the molecule is COc1c(Cl)cc(Cl)cc1/C=C/C(=O)NCc1ccccc1. The fourth-order valence-electron chi connectivity index (χ4n) is 1.93. The van der Waals surface area contributed by atoms with E-state index in [1.807, 2.05) is 30.3 Å². The van der Waals surface area contributed by atoms with Crippen molar-refractivity contribution in [2.75, 3.05) is 7.11 Å². The van der Waals surface area contributed by atoms with E-state index in [2.05, 4.69) is 5.32 Å². The number of rotatable bonds is 5. The number of carbonyl (C=O) groups is 1. The van der Waals surface area contributed by atoms with Gasteiger partial charge in [0.1, 0.15) is 5.75 Å². The maximum absolute atomic E-state index is 11.9. The molecule has 0 aliphatic carbocycles. The molecule has 0 aliphatic rings. The Hall–Kier alpha value is -1.97. The molecule has 0 unspecified atom stereocenters. The van der Waals surface area contributed by atoms with Crippen LogP contribution in [0, 0.1) is 0 Å². The van der Waals surface area contributed by atoms with Crippen LogP contribution in [0.15, 0.2) is 48.5 Å². The highest BCUT2D eigenvalue weighted by Crippen LogP contribution is 2.32. The summed E-state index contributed by atoms with van der Waals surface area (Å²) in [6.07, 6.45) is 3.05. The van der Waals surface area contributed by atoms with Gasteiger partial charge in [-0.15, -0.1) is 0 Å². The maximum atomic E-state index is 11.9. The zero-order chi connectivity index (χ0) is 15.9. The molecule has 3 nitrogen and oxygen atoms in total. The van der Waals surface area contributed by atoms with Crippen molar-refractivity contribution in [3.63, 3.8) is 0 Å². The second kappa shape index (κ2) is 7.87. The number of nitrogens with one attached hydrogen (secondary N) is 1. The van der Waals surface area contributed by atoms with E-state index < -0.39 is 0 Å². The van der Waals surface area contributed by atoms with Gasteiger partial charge in [-0.05, 0) is 23.8 Å². The van der Waals surface area contributed by atoms with Gasteiger partial charge in [0, 0.05) is 23.2 Å². The molecule has 0 saturated carbocycles. The van der Waals surface area contributed by atoms with E-state index in [-0.39, 0.29) is 5.91 Å². The smallest absolute Gasteiger partial charge is 0.244 e. The molecule has 5 heteroatoms. The maximum Gasteiger partial charge on any atom is 0.244 e. The number of methoxy groups -OCH3 is 1. The van der Waals surface area contributed by atoms with Crippen LogP contribution in [0.5, 0.6) is 5.75 Å². The average molecular weight is 336 g/mol. The summed E-state index contributed by atoms with van der Waals surface area (Å²) in [5, 5.41) is 3.69. The Labute approximate surface area is 139 Å². The lowest BCUT2D eigenvalue weighted by molar-refractivity contribution is -0.116. The monoisotopic (exact) mass is 335 g/mol. The summed E-state index contributed by atoms with van der Waals surface area (Å²) in [6.45, 7) is 0.470. The summed E-state index contributed by atoms with van der Waals surface area (Å²) in [6, 6.07) is 13.0. The Morgan fingerprint density at radius 2 is 1.95 bits per heavy atom. The molecule has 114 valence electrons. The van der Waals surface area contributed by atoms with Crippen molar-refractivity contribution in [3.8, 4) is 5.75 Å². The second-order valence-electron chi connectivity index (χ2n) is 4.55. The van der Waals surface area contributed by atoms with Crippen molar-refractivity contribution in [2.24, 2.45) is 0 Å². The zero-order valence-electron chi connectivity index (χ0n) is 12.0. The number of benzene rings is 2. The second-order valence-corrected chi connectivity index (χ2v) is 5.39. The third-order valence-electron chi connectivity index (χ3n) is 2.97. The number of amides is 1. The molecule has 2 rings (SSSR count). The third-order valence-corrected chi connectivity index (χ3v) is 3.46. The quantitative estimate of drug-likeness (QED) is 0.826. The van der Waals surface area contributed by atoms with Crippen LogP contribution < -0.4 is 10.1 Å². The molecule has 0 aliphatic heterocycles. The molecule has 0 heterocycles. The Morgan fingerprint density at radius 3 is 2.64 bits per heavy atom. The predicted molar refractivity (Wildman–Crippen MR) is 90.3 cm³/mol. The van der Waals surface area contributed by atoms with Crippen molar-refractivity contribution >= 4 is 35.2 Å². The van der Waals surface area contributed by atoms with Gasteiger partial charge in [-0.3, -0.25) is 4.79 Å². The lowest BCUT2D eigenvalue weighted by atomic mass is 10.2. The van der Waals surface area contributed by atoms with Crippen LogP contribution in [0.1, 0.15) is 11.1 Å². The van der Waals surface area contributed by atoms with Gasteiger partial charge in [0.05, 0.1) is 12.1 Å². The third kappa shape index (κ3) is 4.52. The van der Waals surface area contributed by atoms with Gasteiger partial charge in [-0.2, -0.15) is 0 Å². The first-order valence-corrected chi connectivity index (χ1v) is 7.38. The highest BCUT2D eigenvalue weighted by atomic mass is 35.5. The Bertz CT molecular complexity index is 685. The minimum absolute atomic E-state index is 0.206. The van der Waals surface area contributed by atoms with E-state index in [1.54, 1.807) is 18.2 Å². The molecule has 2 aromatic carbocycles. The van der Waals surface area contributed by atoms with Crippen LogP contribution >= 0.6 is 23.2 Å². The van der Waals surface area contributed by atoms with E-state index >= 15 is 0 Å². The van der Waals surface area contributed by atoms with Crippen molar-refractivity contribution in [3.05, 3.63) is 69.7 Å². The summed E-state index contributed by atoms with van der Waals surface area (Å²) in [5.74, 6) is 0.278. The Balaban J connectivity index is 2.04.